The van der Waals surface area contributed by atoms with Crippen molar-refractivity contribution < 1.29 is 24.5 Å². The summed E-state index contributed by atoms with van der Waals surface area (Å²) in [5, 5.41) is 23.2. The van der Waals surface area contributed by atoms with E-state index in [9.17, 15) is 19.8 Å². The van der Waals surface area contributed by atoms with Gasteiger partial charge in [-0.15, -0.1) is 0 Å². The van der Waals surface area contributed by atoms with Crippen molar-refractivity contribution in [3.8, 4) is 0 Å². The summed E-state index contributed by atoms with van der Waals surface area (Å²) in [5.41, 5.74) is 0. The Balaban J connectivity index is 3.36. The summed E-state index contributed by atoms with van der Waals surface area (Å²) in [6.07, 6.45) is 87.0. The fourth-order valence-electron chi connectivity index (χ4n) is 11.5. The summed E-state index contributed by atoms with van der Waals surface area (Å²) in [6, 6.07) is -0.625. The van der Waals surface area contributed by atoms with Gasteiger partial charge in [-0.25, -0.2) is 0 Å². The molecular weight excluding hydrogens is 971 g/mol. The lowest BCUT2D eigenvalue weighted by Crippen LogP contribution is -2.45. The number of nitrogens with one attached hydrogen (secondary N) is 1. The van der Waals surface area contributed by atoms with E-state index in [1.165, 1.54) is 340 Å². The molecule has 6 heteroatoms. The van der Waals surface area contributed by atoms with Gasteiger partial charge in [0, 0.05) is 12.8 Å². The number of carbonyl (C=O) groups is 2. The van der Waals surface area contributed by atoms with Crippen LogP contribution in [0.5, 0.6) is 0 Å². The Morgan fingerprint density at radius 2 is 0.595 bits per heavy atom. The second kappa shape index (κ2) is 68.8. The molecule has 0 aromatic carbocycles. The van der Waals surface area contributed by atoms with Crippen molar-refractivity contribution in [2.75, 3.05) is 13.2 Å². The number of aliphatic hydroxyl groups excluding tert-OH is 2. The molecule has 79 heavy (non-hydrogen) atoms. The number of amides is 1. The van der Waals surface area contributed by atoms with Crippen molar-refractivity contribution in [3.63, 3.8) is 0 Å². The molecule has 0 saturated carbocycles. The zero-order valence-electron chi connectivity index (χ0n) is 53.6. The van der Waals surface area contributed by atoms with Crippen molar-refractivity contribution in [2.45, 2.75) is 418 Å². The zero-order chi connectivity index (χ0) is 57.1. The Labute approximate surface area is 494 Å². The molecule has 0 aromatic heterocycles. The molecular formula is C73H141NO5. The van der Waals surface area contributed by atoms with E-state index in [-0.39, 0.29) is 18.5 Å². The summed E-state index contributed by atoms with van der Waals surface area (Å²) in [5.74, 6) is -0.0415. The average molecular weight is 1110 g/mol. The Bertz CT molecular complexity index is 1230. The molecule has 0 heterocycles. The molecule has 0 saturated heterocycles. The molecule has 0 spiro atoms. The number of aliphatic hydroxyl groups is 2. The standard InChI is InChI=1S/C73H141NO5/c1-3-5-7-9-11-13-15-17-19-38-41-45-49-53-57-61-65-71(76)70(69-75)74-72(77)66-62-58-54-50-46-42-39-36-34-32-30-28-26-24-22-20-21-23-25-27-29-31-33-35-37-40-44-48-52-56-60-64-68-79-73(78)67-63-59-55-51-47-43-18-16-14-12-10-8-6-4-2/h23,25,61,65,70-71,75-76H,3-22,24,26-60,62-64,66-69H2,1-2H3,(H,74,77)/b25-23-,65-61+. The number of esters is 1. The second-order valence-electron chi connectivity index (χ2n) is 24.9. The molecule has 0 radical (unpaired) electrons. The minimum Gasteiger partial charge on any atom is -0.466 e. The van der Waals surface area contributed by atoms with Crippen molar-refractivity contribution in [3.05, 3.63) is 24.3 Å². The molecule has 0 bridgehead atoms. The maximum absolute atomic E-state index is 12.5. The highest BCUT2D eigenvalue weighted by atomic mass is 16.5. The summed E-state index contributed by atoms with van der Waals surface area (Å²) < 4.78 is 5.50. The van der Waals surface area contributed by atoms with Gasteiger partial charge in [0.15, 0.2) is 0 Å². The largest absolute Gasteiger partial charge is 0.466 e. The predicted octanol–water partition coefficient (Wildman–Crippen LogP) is 23.3. The third-order valence-corrected chi connectivity index (χ3v) is 17.0. The first-order valence-electron chi connectivity index (χ1n) is 36.1. The highest BCUT2D eigenvalue weighted by molar-refractivity contribution is 5.76. The van der Waals surface area contributed by atoms with Gasteiger partial charge >= 0.3 is 5.97 Å². The van der Waals surface area contributed by atoms with Gasteiger partial charge in [-0.05, 0) is 57.8 Å². The summed E-state index contributed by atoms with van der Waals surface area (Å²) in [7, 11) is 0. The number of rotatable bonds is 68. The number of hydrogen-bond acceptors (Lipinski definition) is 5. The van der Waals surface area contributed by atoms with Crippen molar-refractivity contribution in [2.24, 2.45) is 0 Å². The normalized spacial score (nSPS) is 12.6. The SMILES string of the molecule is CCCCCCCCCCCCCCCC/C=C/C(O)C(CO)NC(=O)CCCCCCCCCCCCCCCCCC/C=C\CCCCCCCCCCCCCCOC(=O)CCCCCCCCCCCCCCCC. The summed E-state index contributed by atoms with van der Waals surface area (Å²) in [6.45, 7) is 4.94. The number of hydrogen-bond donors (Lipinski definition) is 3. The lowest BCUT2D eigenvalue weighted by Gasteiger charge is -2.20. The quantitative estimate of drug-likeness (QED) is 0.0320. The van der Waals surface area contributed by atoms with Crippen LogP contribution in [0.25, 0.3) is 0 Å². The zero-order valence-corrected chi connectivity index (χ0v) is 53.6. The second-order valence-corrected chi connectivity index (χ2v) is 24.9. The van der Waals surface area contributed by atoms with E-state index in [1.54, 1.807) is 6.08 Å². The lowest BCUT2D eigenvalue weighted by molar-refractivity contribution is -0.143. The van der Waals surface area contributed by atoms with Crippen LogP contribution >= 0.6 is 0 Å². The average Bonchev–Trinajstić information content (AvgIpc) is 3.45. The van der Waals surface area contributed by atoms with Crippen LogP contribution in [0.15, 0.2) is 24.3 Å². The number of unbranched alkanes of at least 4 members (excludes halogenated alkanes) is 55. The van der Waals surface area contributed by atoms with E-state index in [2.05, 4.69) is 31.3 Å². The fourth-order valence-corrected chi connectivity index (χ4v) is 11.5. The third-order valence-electron chi connectivity index (χ3n) is 17.0. The van der Waals surface area contributed by atoms with E-state index in [4.69, 9.17) is 4.74 Å². The van der Waals surface area contributed by atoms with Crippen LogP contribution in [-0.4, -0.2) is 47.4 Å². The Morgan fingerprint density at radius 1 is 0.342 bits per heavy atom. The van der Waals surface area contributed by atoms with E-state index < -0.39 is 12.1 Å². The molecule has 0 fully saturated rings. The molecule has 0 aliphatic heterocycles. The Hall–Kier alpha value is -1.66. The van der Waals surface area contributed by atoms with Crippen LogP contribution in [0, 0.1) is 0 Å². The maximum atomic E-state index is 12.5. The minimum absolute atomic E-state index is 0.0209. The number of carbonyl (C=O) groups excluding carboxylic acids is 2. The molecule has 1 amide bonds. The van der Waals surface area contributed by atoms with Crippen LogP contribution in [0.2, 0.25) is 0 Å². The lowest BCUT2D eigenvalue weighted by atomic mass is 10.0. The van der Waals surface area contributed by atoms with E-state index in [1.807, 2.05) is 6.08 Å². The van der Waals surface area contributed by atoms with E-state index >= 15 is 0 Å². The minimum atomic E-state index is -0.842. The molecule has 2 atom stereocenters. The van der Waals surface area contributed by atoms with Crippen LogP contribution in [0.1, 0.15) is 406 Å². The van der Waals surface area contributed by atoms with Crippen LogP contribution < -0.4 is 5.32 Å². The maximum Gasteiger partial charge on any atom is 0.305 e. The molecule has 3 N–H and O–H groups in total. The van der Waals surface area contributed by atoms with Crippen LogP contribution in [0.4, 0.5) is 0 Å². The molecule has 0 aromatic rings. The fraction of sp³-hybridized carbons (Fsp3) is 0.918. The van der Waals surface area contributed by atoms with Gasteiger partial charge < -0.3 is 20.3 Å². The molecule has 2 unspecified atom stereocenters. The molecule has 6 nitrogen and oxygen atoms in total. The third kappa shape index (κ3) is 65.4. The Morgan fingerprint density at radius 3 is 0.899 bits per heavy atom. The monoisotopic (exact) mass is 1110 g/mol. The molecule has 0 rings (SSSR count). The first kappa shape index (κ1) is 77.3. The predicted molar refractivity (Wildman–Crippen MR) is 347 cm³/mol. The highest BCUT2D eigenvalue weighted by Gasteiger charge is 2.18. The van der Waals surface area contributed by atoms with Gasteiger partial charge in [0.05, 0.1) is 25.4 Å². The summed E-state index contributed by atoms with van der Waals surface area (Å²) in [4.78, 5) is 24.6. The van der Waals surface area contributed by atoms with Crippen molar-refractivity contribution >= 4 is 11.9 Å². The number of allylic oxidation sites excluding steroid dienone is 3. The molecule has 0 aliphatic rings. The van der Waals surface area contributed by atoms with E-state index in [0.29, 0.717) is 19.4 Å². The van der Waals surface area contributed by atoms with Gasteiger partial charge in [-0.3, -0.25) is 9.59 Å². The topological polar surface area (TPSA) is 95.9 Å². The number of ether oxygens (including phenoxy) is 1. The van der Waals surface area contributed by atoms with Gasteiger partial charge in [-0.2, -0.15) is 0 Å². The van der Waals surface area contributed by atoms with Gasteiger partial charge in [0.2, 0.25) is 5.91 Å². The van der Waals surface area contributed by atoms with Crippen LogP contribution in [0.3, 0.4) is 0 Å². The van der Waals surface area contributed by atoms with E-state index in [0.717, 1.165) is 38.5 Å². The first-order valence-corrected chi connectivity index (χ1v) is 36.1. The summed E-state index contributed by atoms with van der Waals surface area (Å²) >= 11 is 0. The highest BCUT2D eigenvalue weighted by Crippen LogP contribution is 2.19. The van der Waals surface area contributed by atoms with Crippen molar-refractivity contribution in [1.29, 1.82) is 0 Å². The van der Waals surface area contributed by atoms with Gasteiger partial charge in [-0.1, -0.05) is 359 Å². The molecule has 0 aliphatic carbocycles. The van der Waals surface area contributed by atoms with Crippen molar-refractivity contribution in [1.82, 2.24) is 5.32 Å². The van der Waals surface area contributed by atoms with Gasteiger partial charge in [0.1, 0.15) is 0 Å². The first-order chi connectivity index (χ1) is 39.0. The molecule has 468 valence electrons. The Kier molecular flexibility index (Phi) is 67.4. The smallest absolute Gasteiger partial charge is 0.305 e. The van der Waals surface area contributed by atoms with Crippen LogP contribution in [-0.2, 0) is 14.3 Å². The van der Waals surface area contributed by atoms with Gasteiger partial charge in [0.25, 0.3) is 0 Å².